The third kappa shape index (κ3) is 4.26. The van der Waals surface area contributed by atoms with Gasteiger partial charge in [-0.15, -0.1) is 0 Å². The predicted octanol–water partition coefficient (Wildman–Crippen LogP) is 3.09. The largest absolute Gasteiger partial charge is 0.456 e. The van der Waals surface area contributed by atoms with Crippen LogP contribution < -0.4 is 15.4 Å². The number of morpholine rings is 1. The number of anilines is 1. The van der Waals surface area contributed by atoms with Gasteiger partial charge in [-0.1, -0.05) is 6.07 Å². The standard InChI is InChI=1S/C25H25N5O3/c1-15-6-19(9-25(29-15)30-13-20-8-18(30)14-32-20)33-24-7-16(10-26)2-4-21(24)22-5-3-17(12-28-22)23(31)11-27/h2-7,9,12,18,20,23,31H,8,11,13-14,27H2,1H3/t18-,20-,23+/m0/s1. The lowest BCUT2D eigenvalue weighted by Gasteiger charge is -2.28. The number of nitriles is 1. The molecular formula is C25H25N5O3. The summed E-state index contributed by atoms with van der Waals surface area (Å²) in [6.07, 6.45) is 2.15. The van der Waals surface area contributed by atoms with Crippen molar-refractivity contribution < 1.29 is 14.6 Å². The molecule has 2 bridgehead atoms. The van der Waals surface area contributed by atoms with Crippen molar-refractivity contribution in [3.05, 3.63) is 65.5 Å². The summed E-state index contributed by atoms with van der Waals surface area (Å²) in [5.74, 6) is 2.04. The van der Waals surface area contributed by atoms with Crippen LogP contribution in [-0.4, -0.2) is 46.9 Å². The second kappa shape index (κ2) is 8.79. The van der Waals surface area contributed by atoms with Crippen LogP contribution in [0.3, 0.4) is 0 Å². The van der Waals surface area contributed by atoms with E-state index in [9.17, 15) is 10.4 Å². The zero-order valence-corrected chi connectivity index (χ0v) is 18.3. The summed E-state index contributed by atoms with van der Waals surface area (Å²) in [6.45, 7) is 3.63. The van der Waals surface area contributed by atoms with E-state index >= 15 is 0 Å². The van der Waals surface area contributed by atoms with Crippen molar-refractivity contribution in [3.63, 3.8) is 0 Å². The Bertz CT molecular complexity index is 1210. The Kier molecular flexibility index (Phi) is 5.68. The highest BCUT2D eigenvalue weighted by molar-refractivity contribution is 5.69. The highest BCUT2D eigenvalue weighted by Gasteiger charge is 2.39. The van der Waals surface area contributed by atoms with Gasteiger partial charge in [-0.3, -0.25) is 4.98 Å². The molecule has 2 aliphatic heterocycles. The molecule has 3 atom stereocenters. The summed E-state index contributed by atoms with van der Waals surface area (Å²) in [4.78, 5) is 11.5. The van der Waals surface area contributed by atoms with E-state index in [2.05, 4.69) is 16.0 Å². The Balaban J connectivity index is 1.48. The molecule has 5 rings (SSSR count). The number of nitrogens with zero attached hydrogens (tertiary/aromatic N) is 4. The average Bonchev–Trinajstić information content (AvgIpc) is 3.47. The second-order valence-corrected chi connectivity index (χ2v) is 8.45. The molecule has 0 spiro atoms. The highest BCUT2D eigenvalue weighted by Crippen LogP contribution is 2.37. The van der Waals surface area contributed by atoms with Crippen molar-refractivity contribution in [1.82, 2.24) is 9.97 Å². The quantitative estimate of drug-likeness (QED) is 0.597. The fourth-order valence-electron chi connectivity index (χ4n) is 4.42. The fraction of sp³-hybridized carbons (Fsp3) is 0.320. The van der Waals surface area contributed by atoms with Gasteiger partial charge in [0.1, 0.15) is 17.3 Å². The zero-order valence-electron chi connectivity index (χ0n) is 18.3. The first-order chi connectivity index (χ1) is 16.0. The maximum atomic E-state index is 9.95. The van der Waals surface area contributed by atoms with Crippen molar-refractivity contribution in [2.45, 2.75) is 31.6 Å². The van der Waals surface area contributed by atoms with Crippen LogP contribution >= 0.6 is 0 Å². The van der Waals surface area contributed by atoms with Crippen LogP contribution in [-0.2, 0) is 4.74 Å². The van der Waals surface area contributed by atoms with E-state index in [1.54, 1.807) is 24.4 Å². The number of hydrogen-bond donors (Lipinski definition) is 2. The molecule has 0 unspecified atom stereocenters. The first-order valence-electron chi connectivity index (χ1n) is 11.0. The molecule has 4 heterocycles. The van der Waals surface area contributed by atoms with Crippen molar-refractivity contribution in [1.29, 1.82) is 5.26 Å². The number of ether oxygens (including phenoxy) is 2. The van der Waals surface area contributed by atoms with E-state index in [0.717, 1.165) is 36.6 Å². The normalized spacial score (nSPS) is 20.0. The van der Waals surface area contributed by atoms with Crippen LogP contribution in [0.1, 0.15) is 29.3 Å². The van der Waals surface area contributed by atoms with E-state index in [1.807, 2.05) is 31.2 Å². The van der Waals surface area contributed by atoms with E-state index in [4.69, 9.17) is 20.2 Å². The van der Waals surface area contributed by atoms with Gasteiger partial charge < -0.3 is 25.2 Å². The molecule has 0 radical (unpaired) electrons. The van der Waals surface area contributed by atoms with Crippen LogP contribution in [0.15, 0.2) is 48.7 Å². The molecule has 2 fully saturated rings. The number of hydrogen-bond acceptors (Lipinski definition) is 8. The van der Waals surface area contributed by atoms with Crippen LogP contribution in [0.5, 0.6) is 11.5 Å². The molecule has 0 saturated carbocycles. The van der Waals surface area contributed by atoms with Crippen molar-refractivity contribution in [2.75, 3.05) is 24.6 Å². The molecule has 8 heteroatoms. The van der Waals surface area contributed by atoms with Gasteiger partial charge in [0.05, 0.1) is 42.2 Å². The summed E-state index contributed by atoms with van der Waals surface area (Å²) in [7, 11) is 0. The van der Waals surface area contributed by atoms with Gasteiger partial charge in [0, 0.05) is 48.2 Å². The van der Waals surface area contributed by atoms with Gasteiger partial charge >= 0.3 is 0 Å². The fourth-order valence-corrected chi connectivity index (χ4v) is 4.42. The first kappa shape index (κ1) is 21.3. The minimum atomic E-state index is -0.757. The van der Waals surface area contributed by atoms with Crippen molar-refractivity contribution in [2.24, 2.45) is 5.73 Å². The van der Waals surface area contributed by atoms with E-state index in [0.29, 0.717) is 34.4 Å². The topological polar surface area (TPSA) is 118 Å². The number of rotatable bonds is 6. The molecule has 2 saturated heterocycles. The molecule has 33 heavy (non-hydrogen) atoms. The lowest BCUT2D eigenvalue weighted by atomic mass is 10.1. The van der Waals surface area contributed by atoms with Gasteiger partial charge in [0.15, 0.2) is 0 Å². The van der Waals surface area contributed by atoms with Crippen molar-refractivity contribution >= 4 is 5.82 Å². The third-order valence-electron chi connectivity index (χ3n) is 6.12. The number of aliphatic hydroxyl groups excluding tert-OH is 1. The first-order valence-corrected chi connectivity index (χ1v) is 11.0. The zero-order chi connectivity index (χ0) is 22.9. The molecule has 0 amide bonds. The summed E-state index contributed by atoms with van der Waals surface area (Å²) >= 11 is 0. The molecule has 168 valence electrons. The number of fused-ring (bicyclic) bond motifs is 2. The summed E-state index contributed by atoms with van der Waals surface area (Å²) < 4.78 is 12.0. The number of benzene rings is 1. The molecular weight excluding hydrogens is 418 g/mol. The summed E-state index contributed by atoms with van der Waals surface area (Å²) in [5.41, 5.74) is 8.94. The smallest absolute Gasteiger partial charge is 0.138 e. The molecule has 2 aliphatic rings. The average molecular weight is 444 g/mol. The molecule has 1 aromatic carbocycles. The van der Waals surface area contributed by atoms with Crippen molar-refractivity contribution in [3.8, 4) is 28.8 Å². The third-order valence-corrected chi connectivity index (χ3v) is 6.12. The molecule has 2 aromatic heterocycles. The Morgan fingerprint density at radius 2 is 2.18 bits per heavy atom. The van der Waals surface area contributed by atoms with Gasteiger partial charge in [-0.25, -0.2) is 4.98 Å². The minimum absolute atomic E-state index is 0.126. The number of aromatic nitrogens is 2. The number of nitrogens with two attached hydrogens (primary N) is 1. The minimum Gasteiger partial charge on any atom is -0.456 e. The van der Waals surface area contributed by atoms with Gasteiger partial charge in [-0.05, 0) is 37.6 Å². The molecule has 3 N–H and O–H groups in total. The monoisotopic (exact) mass is 443 g/mol. The number of pyridine rings is 2. The Labute approximate surface area is 192 Å². The van der Waals surface area contributed by atoms with Crippen LogP contribution in [0.25, 0.3) is 11.3 Å². The van der Waals surface area contributed by atoms with E-state index in [-0.39, 0.29) is 12.6 Å². The SMILES string of the molecule is Cc1cc(Oc2cc(C#N)ccc2-c2ccc([C@H](O)CN)cn2)cc(N2C[C@@H]3C[C@H]2CO3)n1. The summed E-state index contributed by atoms with van der Waals surface area (Å²) in [6, 6.07) is 15.2. The Hall–Kier alpha value is -3.51. The van der Waals surface area contributed by atoms with E-state index in [1.165, 1.54) is 0 Å². The molecule has 8 nitrogen and oxygen atoms in total. The lowest BCUT2D eigenvalue weighted by Crippen LogP contribution is -2.37. The van der Waals surface area contributed by atoms with Crippen LogP contribution in [0, 0.1) is 18.3 Å². The number of aryl methyl sites for hydroxylation is 1. The maximum absolute atomic E-state index is 9.95. The highest BCUT2D eigenvalue weighted by atomic mass is 16.5. The Morgan fingerprint density at radius 1 is 1.30 bits per heavy atom. The Morgan fingerprint density at radius 3 is 2.85 bits per heavy atom. The summed E-state index contributed by atoms with van der Waals surface area (Å²) in [5, 5.41) is 19.4. The maximum Gasteiger partial charge on any atom is 0.138 e. The van der Waals surface area contributed by atoms with Crippen LogP contribution in [0.2, 0.25) is 0 Å². The van der Waals surface area contributed by atoms with Gasteiger partial charge in [-0.2, -0.15) is 5.26 Å². The second-order valence-electron chi connectivity index (χ2n) is 8.45. The van der Waals surface area contributed by atoms with Crippen LogP contribution in [0.4, 0.5) is 5.82 Å². The predicted molar refractivity (Wildman–Crippen MR) is 123 cm³/mol. The lowest BCUT2D eigenvalue weighted by molar-refractivity contribution is 0.0988. The van der Waals surface area contributed by atoms with Gasteiger partial charge in [0.2, 0.25) is 0 Å². The van der Waals surface area contributed by atoms with E-state index < -0.39 is 6.10 Å². The molecule has 3 aromatic rings. The number of aliphatic hydroxyl groups is 1. The van der Waals surface area contributed by atoms with Gasteiger partial charge in [0.25, 0.3) is 0 Å². The molecule has 0 aliphatic carbocycles.